The summed E-state index contributed by atoms with van der Waals surface area (Å²) >= 11 is 0. The molecule has 1 atom stereocenters. The molecule has 0 bridgehead atoms. The van der Waals surface area contributed by atoms with Crippen LogP contribution in [0.5, 0.6) is 11.5 Å². The number of hydroxylamine groups is 1. The summed E-state index contributed by atoms with van der Waals surface area (Å²) in [6.07, 6.45) is -1.80. The highest BCUT2D eigenvalue weighted by Gasteiger charge is 2.35. The number of carbonyl (C=O) groups excluding carboxylic acids is 1. The third-order valence-corrected chi connectivity index (χ3v) is 2.43. The highest BCUT2D eigenvalue weighted by atomic mass is 16.6. The van der Waals surface area contributed by atoms with Crippen molar-refractivity contribution in [2.75, 3.05) is 12.2 Å². The van der Waals surface area contributed by atoms with Crippen LogP contribution in [-0.4, -0.2) is 34.7 Å². The molecule has 1 amide bonds. The summed E-state index contributed by atoms with van der Waals surface area (Å²) in [5.74, 6) is -0.819. The molecule has 0 fully saturated rings. The van der Waals surface area contributed by atoms with Crippen molar-refractivity contribution in [1.82, 2.24) is 0 Å². The number of aliphatic hydroxyl groups excluding tert-OH is 2. The van der Waals surface area contributed by atoms with Gasteiger partial charge in [-0.1, -0.05) is 6.07 Å². The average molecular weight is 241 g/mol. The smallest absolute Gasteiger partial charge is 0.320 e. The highest BCUT2D eigenvalue weighted by Crippen LogP contribution is 2.42. The molecule has 1 aromatic carbocycles. The van der Waals surface area contributed by atoms with Gasteiger partial charge in [0.05, 0.1) is 13.7 Å². The summed E-state index contributed by atoms with van der Waals surface area (Å²) in [6.45, 7) is -0.296. The number of benzene rings is 1. The van der Waals surface area contributed by atoms with Crippen LogP contribution in [0.25, 0.3) is 0 Å². The number of rotatable bonds is 2. The van der Waals surface area contributed by atoms with Gasteiger partial charge in [-0.2, -0.15) is 5.06 Å². The van der Waals surface area contributed by atoms with Gasteiger partial charge in [-0.3, -0.25) is 10.0 Å². The van der Waals surface area contributed by atoms with E-state index in [0.29, 0.717) is 5.56 Å². The predicted octanol–water partition coefficient (Wildman–Crippen LogP) is -0.380. The van der Waals surface area contributed by atoms with E-state index in [2.05, 4.69) is 0 Å². The molecule has 0 saturated heterocycles. The summed E-state index contributed by atoms with van der Waals surface area (Å²) in [5.41, 5.74) is 0.468. The van der Waals surface area contributed by atoms with Gasteiger partial charge in [-0.25, -0.2) is 0 Å². The van der Waals surface area contributed by atoms with Crippen LogP contribution in [0.15, 0.2) is 12.1 Å². The Balaban J connectivity index is 2.59. The Morgan fingerprint density at radius 2 is 2.24 bits per heavy atom. The zero-order chi connectivity index (χ0) is 12.6. The molecule has 1 aliphatic heterocycles. The van der Waals surface area contributed by atoms with Crippen molar-refractivity contribution in [3.05, 3.63) is 17.7 Å². The maximum atomic E-state index is 11.3. The van der Waals surface area contributed by atoms with E-state index in [-0.39, 0.29) is 28.9 Å². The zero-order valence-electron chi connectivity index (χ0n) is 8.95. The maximum absolute atomic E-state index is 11.3. The first kappa shape index (κ1) is 11.6. The van der Waals surface area contributed by atoms with E-state index in [1.54, 1.807) is 0 Å². The van der Waals surface area contributed by atoms with Crippen molar-refractivity contribution < 1.29 is 29.7 Å². The molecule has 1 aliphatic rings. The molecule has 0 spiro atoms. The molecule has 0 saturated carbocycles. The van der Waals surface area contributed by atoms with E-state index in [1.807, 2.05) is 0 Å². The summed E-state index contributed by atoms with van der Waals surface area (Å²) in [7, 11) is 1.35. The number of anilines is 1. The Kier molecular flexibility index (Phi) is 2.88. The lowest BCUT2D eigenvalue weighted by molar-refractivity contribution is -0.148. The SMILES string of the molecule is COc1c(CO)ccc2c1O[C@H](O)C(=O)N2O. The first-order valence-electron chi connectivity index (χ1n) is 4.78. The quantitative estimate of drug-likeness (QED) is 0.610. The number of hydrogen-bond acceptors (Lipinski definition) is 6. The molecule has 2 rings (SSSR count). The standard InChI is InChI=1S/C10H11NO6/c1-16-7-5(4-12)2-3-6-8(7)17-10(14)9(13)11(6)15/h2-3,10,12,14-15H,4H2,1H3/t10-/m0/s1. The number of carbonyl (C=O) groups is 1. The van der Waals surface area contributed by atoms with E-state index in [0.717, 1.165) is 0 Å². The van der Waals surface area contributed by atoms with Crippen LogP contribution in [0, 0.1) is 0 Å². The summed E-state index contributed by atoms with van der Waals surface area (Å²) in [5, 5.41) is 28.2. The number of aliphatic hydroxyl groups is 2. The largest absolute Gasteiger partial charge is 0.492 e. The fourth-order valence-electron chi connectivity index (χ4n) is 1.61. The lowest BCUT2D eigenvalue weighted by Crippen LogP contribution is -2.44. The van der Waals surface area contributed by atoms with Crippen molar-refractivity contribution >= 4 is 11.6 Å². The molecule has 0 aliphatic carbocycles. The second kappa shape index (κ2) is 4.21. The fraction of sp³-hybridized carbons (Fsp3) is 0.300. The molecule has 17 heavy (non-hydrogen) atoms. The van der Waals surface area contributed by atoms with Gasteiger partial charge in [-0.05, 0) is 6.07 Å². The fourth-order valence-corrected chi connectivity index (χ4v) is 1.61. The van der Waals surface area contributed by atoms with Gasteiger partial charge in [0, 0.05) is 5.56 Å². The van der Waals surface area contributed by atoms with Crippen molar-refractivity contribution in [1.29, 1.82) is 0 Å². The van der Waals surface area contributed by atoms with E-state index < -0.39 is 12.2 Å². The van der Waals surface area contributed by atoms with Gasteiger partial charge in [-0.15, -0.1) is 0 Å². The Hall–Kier alpha value is -1.83. The van der Waals surface area contributed by atoms with Crippen LogP contribution in [0.3, 0.4) is 0 Å². The number of hydrogen-bond donors (Lipinski definition) is 3. The summed E-state index contributed by atoms with van der Waals surface area (Å²) in [6, 6.07) is 2.86. The van der Waals surface area contributed by atoms with Crippen molar-refractivity contribution in [2.45, 2.75) is 12.9 Å². The van der Waals surface area contributed by atoms with Crippen LogP contribution in [0.1, 0.15) is 5.56 Å². The van der Waals surface area contributed by atoms with Crippen LogP contribution in [0.4, 0.5) is 5.69 Å². The third-order valence-electron chi connectivity index (χ3n) is 2.43. The van der Waals surface area contributed by atoms with Crippen LogP contribution < -0.4 is 14.5 Å². The number of nitrogens with zero attached hydrogens (tertiary/aromatic N) is 1. The van der Waals surface area contributed by atoms with Gasteiger partial charge in [0.1, 0.15) is 5.69 Å². The van der Waals surface area contributed by atoms with Gasteiger partial charge in [0.15, 0.2) is 11.5 Å². The summed E-state index contributed by atoms with van der Waals surface area (Å²) < 4.78 is 9.97. The van der Waals surface area contributed by atoms with Gasteiger partial charge in [0.25, 0.3) is 6.29 Å². The average Bonchev–Trinajstić information content (AvgIpc) is 2.34. The predicted molar refractivity (Wildman–Crippen MR) is 54.8 cm³/mol. The van der Waals surface area contributed by atoms with Gasteiger partial charge >= 0.3 is 5.91 Å². The number of fused-ring (bicyclic) bond motifs is 1. The Morgan fingerprint density at radius 3 is 2.82 bits per heavy atom. The van der Waals surface area contributed by atoms with E-state index >= 15 is 0 Å². The highest BCUT2D eigenvalue weighted by molar-refractivity contribution is 5.97. The number of methoxy groups -OCH3 is 1. The van der Waals surface area contributed by atoms with Crippen molar-refractivity contribution in [3.63, 3.8) is 0 Å². The molecule has 3 N–H and O–H groups in total. The number of amides is 1. The van der Waals surface area contributed by atoms with Crippen LogP contribution >= 0.6 is 0 Å². The maximum Gasteiger partial charge on any atom is 0.320 e. The first-order valence-corrected chi connectivity index (χ1v) is 4.78. The second-order valence-electron chi connectivity index (χ2n) is 3.38. The van der Waals surface area contributed by atoms with E-state index in [4.69, 9.17) is 14.6 Å². The summed E-state index contributed by atoms with van der Waals surface area (Å²) in [4.78, 5) is 11.3. The zero-order valence-corrected chi connectivity index (χ0v) is 8.95. The molecule has 0 unspecified atom stereocenters. The first-order chi connectivity index (χ1) is 8.10. The minimum absolute atomic E-state index is 0.00801. The third kappa shape index (κ3) is 1.70. The molecular weight excluding hydrogens is 230 g/mol. The van der Waals surface area contributed by atoms with Gasteiger partial charge in [0.2, 0.25) is 0 Å². The van der Waals surface area contributed by atoms with Crippen LogP contribution in [0.2, 0.25) is 0 Å². The molecule has 92 valence electrons. The lowest BCUT2D eigenvalue weighted by atomic mass is 10.1. The van der Waals surface area contributed by atoms with Crippen molar-refractivity contribution in [2.24, 2.45) is 0 Å². The molecule has 7 nitrogen and oxygen atoms in total. The Bertz CT molecular complexity index is 460. The normalized spacial score (nSPS) is 18.7. The Labute approximate surface area is 96.4 Å². The van der Waals surface area contributed by atoms with Gasteiger partial charge < -0.3 is 19.7 Å². The molecule has 1 heterocycles. The minimum Gasteiger partial charge on any atom is -0.492 e. The monoisotopic (exact) mass is 241 g/mol. The molecule has 0 radical (unpaired) electrons. The molecule has 7 heteroatoms. The second-order valence-corrected chi connectivity index (χ2v) is 3.38. The molecule has 1 aromatic rings. The number of ether oxygens (including phenoxy) is 2. The van der Waals surface area contributed by atoms with Crippen molar-refractivity contribution in [3.8, 4) is 11.5 Å². The van der Waals surface area contributed by atoms with Crippen LogP contribution in [-0.2, 0) is 11.4 Å². The lowest BCUT2D eigenvalue weighted by Gasteiger charge is -2.28. The Morgan fingerprint density at radius 1 is 1.53 bits per heavy atom. The minimum atomic E-state index is -1.80. The molecular formula is C10H11NO6. The molecule has 0 aromatic heterocycles. The van der Waals surface area contributed by atoms with E-state index in [9.17, 15) is 15.1 Å². The topological polar surface area (TPSA) is 99.5 Å². The van der Waals surface area contributed by atoms with E-state index in [1.165, 1.54) is 19.2 Å².